The summed E-state index contributed by atoms with van der Waals surface area (Å²) in [5.74, 6) is 0.559. The van der Waals surface area contributed by atoms with Gasteiger partial charge in [-0.15, -0.1) is 11.6 Å². The first-order valence-corrected chi connectivity index (χ1v) is 7.33. The zero-order chi connectivity index (χ0) is 13.1. The predicted octanol–water partition coefficient (Wildman–Crippen LogP) is 3.81. The van der Waals surface area contributed by atoms with Crippen molar-refractivity contribution < 1.29 is 4.74 Å². The Morgan fingerprint density at radius 2 is 1.95 bits per heavy atom. The topological polar surface area (TPSA) is 22.1 Å². The summed E-state index contributed by atoms with van der Waals surface area (Å²) in [5.41, 5.74) is 2.14. The highest BCUT2D eigenvalue weighted by Gasteiger charge is 2.22. The molecule has 0 saturated carbocycles. The number of hydrogen-bond acceptors (Lipinski definition) is 2. The summed E-state index contributed by atoms with van der Waals surface area (Å²) >= 11 is 6.55. The molecule has 1 saturated heterocycles. The molecule has 1 aromatic carbocycles. The van der Waals surface area contributed by atoms with Gasteiger partial charge in [-0.2, -0.15) is 0 Å². The Morgan fingerprint density at radius 1 is 1.16 bits per heavy atom. The minimum atomic E-state index is 0.164. The van der Waals surface area contributed by atoms with Crippen molar-refractivity contribution in [3.05, 3.63) is 42.1 Å². The van der Waals surface area contributed by atoms with E-state index in [0.29, 0.717) is 5.92 Å². The van der Waals surface area contributed by atoms with Crippen molar-refractivity contribution in [2.24, 2.45) is 5.92 Å². The molecule has 0 N–H and O–H groups in total. The lowest BCUT2D eigenvalue weighted by Gasteiger charge is -2.26. The van der Waals surface area contributed by atoms with Crippen LogP contribution in [-0.2, 0) is 11.2 Å². The van der Waals surface area contributed by atoms with Crippen LogP contribution < -0.4 is 0 Å². The number of pyridine rings is 1. The molecule has 3 rings (SSSR count). The number of rotatable bonds is 3. The highest BCUT2D eigenvalue weighted by atomic mass is 35.5. The molecule has 0 aliphatic carbocycles. The third-order valence-electron chi connectivity index (χ3n) is 3.84. The number of hydrogen-bond donors (Lipinski definition) is 0. The molecule has 2 aromatic rings. The third-order valence-corrected chi connectivity index (χ3v) is 4.35. The number of nitrogens with zero attached hydrogens (tertiary/aromatic N) is 1. The number of benzene rings is 1. The lowest BCUT2D eigenvalue weighted by molar-refractivity contribution is 0.0650. The van der Waals surface area contributed by atoms with E-state index in [1.165, 1.54) is 5.39 Å². The predicted molar refractivity (Wildman–Crippen MR) is 78.6 cm³/mol. The van der Waals surface area contributed by atoms with Gasteiger partial charge in [-0.1, -0.05) is 24.3 Å². The van der Waals surface area contributed by atoms with Crippen LogP contribution in [0.4, 0.5) is 0 Å². The second-order valence-corrected chi connectivity index (χ2v) is 5.73. The van der Waals surface area contributed by atoms with Crippen molar-refractivity contribution in [2.45, 2.75) is 24.6 Å². The Morgan fingerprint density at radius 3 is 2.79 bits per heavy atom. The van der Waals surface area contributed by atoms with Gasteiger partial charge in [-0.25, -0.2) is 0 Å². The molecule has 19 heavy (non-hydrogen) atoms. The first-order valence-electron chi connectivity index (χ1n) is 6.89. The van der Waals surface area contributed by atoms with E-state index >= 15 is 0 Å². The van der Waals surface area contributed by atoms with Crippen molar-refractivity contribution in [3.8, 4) is 0 Å². The Hall–Kier alpha value is -1.12. The number of aromatic nitrogens is 1. The summed E-state index contributed by atoms with van der Waals surface area (Å²) in [6.07, 6.45) is 2.99. The van der Waals surface area contributed by atoms with Crippen LogP contribution in [0.1, 0.15) is 18.5 Å². The van der Waals surface area contributed by atoms with Crippen LogP contribution >= 0.6 is 11.6 Å². The van der Waals surface area contributed by atoms with Gasteiger partial charge >= 0.3 is 0 Å². The maximum absolute atomic E-state index is 6.55. The molecule has 3 heteroatoms. The smallest absolute Gasteiger partial charge is 0.0705 e. The van der Waals surface area contributed by atoms with Crippen LogP contribution in [0.15, 0.2) is 36.4 Å². The van der Waals surface area contributed by atoms with E-state index in [2.05, 4.69) is 24.3 Å². The Kier molecular flexibility index (Phi) is 4.00. The van der Waals surface area contributed by atoms with Crippen LogP contribution in [0.2, 0.25) is 0 Å². The number of ether oxygens (including phenoxy) is 1. The lowest BCUT2D eigenvalue weighted by Crippen LogP contribution is -2.25. The Bertz CT molecular complexity index is 551. The first kappa shape index (κ1) is 12.9. The molecule has 1 aromatic heterocycles. The quantitative estimate of drug-likeness (QED) is 0.795. The summed E-state index contributed by atoms with van der Waals surface area (Å²) in [7, 11) is 0. The van der Waals surface area contributed by atoms with Gasteiger partial charge in [0.1, 0.15) is 0 Å². The van der Waals surface area contributed by atoms with Crippen molar-refractivity contribution in [1.29, 1.82) is 0 Å². The molecular formula is C16H18ClNO. The van der Waals surface area contributed by atoms with E-state index in [4.69, 9.17) is 21.3 Å². The van der Waals surface area contributed by atoms with Crippen molar-refractivity contribution in [2.75, 3.05) is 13.2 Å². The molecule has 1 atom stereocenters. The van der Waals surface area contributed by atoms with Crippen LogP contribution in [0.3, 0.4) is 0 Å². The number of fused-ring (bicyclic) bond motifs is 1. The minimum Gasteiger partial charge on any atom is -0.381 e. The number of alkyl halides is 1. The third kappa shape index (κ3) is 3.07. The van der Waals surface area contributed by atoms with E-state index in [0.717, 1.165) is 43.7 Å². The van der Waals surface area contributed by atoms with E-state index in [9.17, 15) is 0 Å². The van der Waals surface area contributed by atoms with E-state index in [1.54, 1.807) is 0 Å². The van der Waals surface area contributed by atoms with Crippen molar-refractivity contribution in [1.82, 2.24) is 4.98 Å². The van der Waals surface area contributed by atoms with Gasteiger partial charge in [0.25, 0.3) is 0 Å². The standard InChI is InChI=1S/C16H18ClNO/c17-15(12-7-9-19-10-8-12)11-14-6-5-13-3-1-2-4-16(13)18-14/h1-6,12,15H,7-11H2. The zero-order valence-corrected chi connectivity index (χ0v) is 11.6. The summed E-state index contributed by atoms with van der Waals surface area (Å²) in [5, 5.41) is 1.35. The van der Waals surface area contributed by atoms with Crippen LogP contribution in [0, 0.1) is 5.92 Å². The molecule has 1 aliphatic heterocycles. The van der Waals surface area contributed by atoms with E-state index in [-0.39, 0.29) is 5.38 Å². The average Bonchev–Trinajstić information content (AvgIpc) is 2.48. The van der Waals surface area contributed by atoms with Crippen LogP contribution in [0.5, 0.6) is 0 Å². The van der Waals surface area contributed by atoms with Crippen LogP contribution in [-0.4, -0.2) is 23.6 Å². The molecule has 0 amide bonds. The van der Waals surface area contributed by atoms with E-state index in [1.807, 2.05) is 12.1 Å². The average molecular weight is 276 g/mol. The summed E-state index contributed by atoms with van der Waals surface area (Å²) in [6, 6.07) is 12.4. The monoisotopic (exact) mass is 275 g/mol. The molecule has 2 nitrogen and oxygen atoms in total. The van der Waals surface area contributed by atoms with Gasteiger partial charge in [-0.3, -0.25) is 4.98 Å². The molecular weight excluding hydrogens is 258 g/mol. The largest absolute Gasteiger partial charge is 0.381 e. The molecule has 1 unspecified atom stereocenters. The maximum Gasteiger partial charge on any atom is 0.0705 e. The summed E-state index contributed by atoms with van der Waals surface area (Å²) in [6.45, 7) is 1.69. The van der Waals surface area contributed by atoms with Gasteiger partial charge in [0, 0.05) is 36.1 Å². The molecule has 0 bridgehead atoms. The summed E-state index contributed by atoms with van der Waals surface area (Å²) < 4.78 is 5.38. The van der Waals surface area contributed by atoms with Gasteiger partial charge in [0.15, 0.2) is 0 Å². The SMILES string of the molecule is ClC(Cc1ccc2ccccc2n1)C1CCOCC1. The molecule has 0 radical (unpaired) electrons. The first-order chi connectivity index (χ1) is 9.33. The van der Waals surface area contributed by atoms with Gasteiger partial charge in [0.05, 0.1) is 5.52 Å². The Labute approximate surface area is 118 Å². The second-order valence-electron chi connectivity index (χ2n) is 5.17. The Balaban J connectivity index is 1.73. The summed E-state index contributed by atoms with van der Waals surface area (Å²) in [4.78, 5) is 4.69. The number of para-hydroxylation sites is 1. The molecule has 2 heterocycles. The fraction of sp³-hybridized carbons (Fsp3) is 0.438. The molecule has 1 aliphatic rings. The highest BCUT2D eigenvalue weighted by molar-refractivity contribution is 6.20. The molecule has 1 fully saturated rings. The number of halogens is 1. The van der Waals surface area contributed by atoms with Crippen LogP contribution in [0.25, 0.3) is 10.9 Å². The molecule has 100 valence electrons. The fourth-order valence-electron chi connectivity index (χ4n) is 2.67. The second kappa shape index (κ2) is 5.89. The van der Waals surface area contributed by atoms with E-state index < -0.39 is 0 Å². The zero-order valence-electron chi connectivity index (χ0n) is 10.9. The van der Waals surface area contributed by atoms with Crippen molar-refractivity contribution >= 4 is 22.5 Å². The highest BCUT2D eigenvalue weighted by Crippen LogP contribution is 2.25. The normalized spacial score (nSPS) is 18.6. The fourth-order valence-corrected chi connectivity index (χ4v) is 3.08. The lowest BCUT2D eigenvalue weighted by atomic mass is 9.93. The van der Waals surface area contributed by atoms with Gasteiger partial charge < -0.3 is 4.74 Å². The maximum atomic E-state index is 6.55. The van der Waals surface area contributed by atoms with Crippen molar-refractivity contribution in [3.63, 3.8) is 0 Å². The molecule has 0 spiro atoms. The van der Waals surface area contributed by atoms with Gasteiger partial charge in [0.2, 0.25) is 0 Å². The minimum absolute atomic E-state index is 0.164. The van der Waals surface area contributed by atoms with Gasteiger partial charge in [-0.05, 0) is 30.9 Å².